The summed E-state index contributed by atoms with van der Waals surface area (Å²) < 4.78 is 1.94. The Hall–Kier alpha value is -1.89. The number of hydrogen-bond acceptors (Lipinski definition) is 4. The average Bonchev–Trinajstić information content (AvgIpc) is 3.21. The van der Waals surface area contributed by atoms with Crippen LogP contribution in [0.25, 0.3) is 11.4 Å². The van der Waals surface area contributed by atoms with Crippen LogP contribution in [0.1, 0.15) is 30.2 Å². The Morgan fingerprint density at radius 1 is 1.29 bits per heavy atom. The van der Waals surface area contributed by atoms with Gasteiger partial charge in [0, 0.05) is 35.8 Å². The van der Waals surface area contributed by atoms with Gasteiger partial charge in [0.1, 0.15) is 6.04 Å². The van der Waals surface area contributed by atoms with E-state index in [9.17, 15) is 0 Å². The van der Waals surface area contributed by atoms with Gasteiger partial charge >= 0.3 is 0 Å². The highest BCUT2D eigenvalue weighted by Crippen LogP contribution is 2.27. The first-order valence-corrected chi connectivity index (χ1v) is 8.10. The molecule has 4 rings (SSSR count). The normalized spacial score (nSPS) is 16.5. The van der Waals surface area contributed by atoms with Crippen LogP contribution in [0.4, 0.5) is 0 Å². The first kappa shape index (κ1) is 17.0. The number of halogens is 2. The third-order valence-corrected chi connectivity index (χ3v) is 4.36. The van der Waals surface area contributed by atoms with Crippen LogP contribution in [0.15, 0.2) is 30.6 Å². The molecule has 0 aliphatic carbocycles. The van der Waals surface area contributed by atoms with Crippen molar-refractivity contribution < 1.29 is 0 Å². The molecule has 1 aliphatic rings. The maximum atomic E-state index is 5.96. The Morgan fingerprint density at radius 2 is 2.08 bits per heavy atom. The van der Waals surface area contributed by atoms with Gasteiger partial charge in [-0.2, -0.15) is 5.10 Å². The fourth-order valence-electron chi connectivity index (χ4n) is 2.95. The van der Waals surface area contributed by atoms with Crippen molar-refractivity contribution in [3.05, 3.63) is 52.8 Å². The summed E-state index contributed by atoms with van der Waals surface area (Å²) in [5.74, 6) is 1.61. The largest absolute Gasteiger partial charge is 0.348 e. The minimum atomic E-state index is -0.0292. The predicted octanol–water partition coefficient (Wildman–Crippen LogP) is 3.00. The molecule has 1 aromatic carbocycles. The van der Waals surface area contributed by atoms with Crippen LogP contribution in [0, 0.1) is 0 Å². The number of aromatic nitrogens is 5. The summed E-state index contributed by atoms with van der Waals surface area (Å²) in [7, 11) is 0. The number of hydrogen-bond donors (Lipinski definition) is 2. The number of rotatable bonds is 3. The summed E-state index contributed by atoms with van der Waals surface area (Å²) in [5.41, 5.74) is 3.15. The summed E-state index contributed by atoms with van der Waals surface area (Å²) in [5, 5.41) is 8.85. The summed E-state index contributed by atoms with van der Waals surface area (Å²) in [6, 6.07) is 7.56. The first-order chi connectivity index (χ1) is 11.3. The molecule has 0 saturated heterocycles. The van der Waals surface area contributed by atoms with Crippen LogP contribution in [0.3, 0.4) is 0 Å². The van der Waals surface area contributed by atoms with Crippen LogP contribution in [-0.4, -0.2) is 31.3 Å². The minimum Gasteiger partial charge on any atom is -0.348 e. The number of nitrogens with one attached hydrogen (secondary N) is 2. The van der Waals surface area contributed by atoms with Crippen molar-refractivity contribution in [3.8, 4) is 11.4 Å². The van der Waals surface area contributed by atoms with E-state index in [0.717, 1.165) is 36.6 Å². The first-order valence-electron chi connectivity index (χ1n) is 7.72. The molecule has 0 bridgehead atoms. The van der Waals surface area contributed by atoms with Gasteiger partial charge in [0.15, 0.2) is 11.6 Å². The van der Waals surface area contributed by atoms with Gasteiger partial charge in [-0.1, -0.05) is 11.6 Å². The zero-order valence-corrected chi connectivity index (χ0v) is 14.7. The molecule has 0 amide bonds. The highest BCUT2D eigenvalue weighted by molar-refractivity contribution is 6.30. The van der Waals surface area contributed by atoms with Gasteiger partial charge in [0.2, 0.25) is 0 Å². The number of H-pyrrole nitrogens is 1. The average molecular weight is 365 g/mol. The Labute approximate surface area is 151 Å². The lowest BCUT2D eigenvalue weighted by molar-refractivity contribution is 0.491. The lowest BCUT2D eigenvalue weighted by atomic mass is 10.1. The summed E-state index contributed by atoms with van der Waals surface area (Å²) >= 11 is 5.96. The second kappa shape index (κ2) is 6.93. The molecule has 3 heterocycles. The zero-order chi connectivity index (χ0) is 15.8. The lowest BCUT2D eigenvalue weighted by Crippen LogP contribution is -2.32. The Kier molecular flexibility index (Phi) is 4.89. The molecule has 1 aliphatic heterocycles. The smallest absolute Gasteiger partial charge is 0.181 e. The Bertz CT molecular complexity index is 823. The van der Waals surface area contributed by atoms with E-state index in [-0.39, 0.29) is 18.4 Å². The molecule has 0 radical (unpaired) electrons. The van der Waals surface area contributed by atoms with Crippen molar-refractivity contribution >= 4 is 24.0 Å². The third kappa shape index (κ3) is 2.92. The third-order valence-electron chi connectivity index (χ3n) is 4.11. The van der Waals surface area contributed by atoms with Crippen molar-refractivity contribution in [2.45, 2.75) is 25.9 Å². The highest BCUT2D eigenvalue weighted by atomic mass is 35.5. The van der Waals surface area contributed by atoms with E-state index >= 15 is 0 Å². The SMILES string of the molecule is CCn1nc(-c2ccc(Cl)cc2)nc1C1NCCc2[nH]cnc21.Cl. The van der Waals surface area contributed by atoms with Crippen LogP contribution in [-0.2, 0) is 13.0 Å². The van der Waals surface area contributed by atoms with E-state index < -0.39 is 0 Å². The van der Waals surface area contributed by atoms with Gasteiger partial charge in [-0.3, -0.25) is 0 Å². The monoisotopic (exact) mass is 364 g/mol. The van der Waals surface area contributed by atoms with Gasteiger partial charge in [-0.15, -0.1) is 12.4 Å². The number of fused-ring (bicyclic) bond motifs is 1. The fraction of sp³-hybridized carbons (Fsp3) is 0.312. The van der Waals surface area contributed by atoms with E-state index in [4.69, 9.17) is 16.6 Å². The summed E-state index contributed by atoms with van der Waals surface area (Å²) in [4.78, 5) is 12.5. The zero-order valence-electron chi connectivity index (χ0n) is 13.2. The van der Waals surface area contributed by atoms with Gasteiger partial charge in [0.25, 0.3) is 0 Å². The molecule has 6 nitrogen and oxygen atoms in total. The molecular weight excluding hydrogens is 347 g/mol. The minimum absolute atomic E-state index is 0. The molecule has 0 saturated carbocycles. The Morgan fingerprint density at radius 3 is 2.83 bits per heavy atom. The number of benzene rings is 1. The van der Waals surface area contributed by atoms with Crippen molar-refractivity contribution in [2.75, 3.05) is 6.54 Å². The molecule has 3 aromatic rings. The van der Waals surface area contributed by atoms with Crippen LogP contribution < -0.4 is 5.32 Å². The second-order valence-corrected chi connectivity index (χ2v) is 5.96. The van der Waals surface area contributed by atoms with E-state index in [1.165, 1.54) is 5.69 Å². The molecule has 126 valence electrons. The van der Waals surface area contributed by atoms with Crippen molar-refractivity contribution in [2.24, 2.45) is 0 Å². The van der Waals surface area contributed by atoms with E-state index in [1.807, 2.05) is 28.9 Å². The van der Waals surface area contributed by atoms with Crippen LogP contribution in [0.5, 0.6) is 0 Å². The van der Waals surface area contributed by atoms with E-state index in [1.54, 1.807) is 6.33 Å². The standard InChI is InChI=1S/C16H17ClN6.ClH/c1-2-23-16(14-13-12(7-8-18-14)19-9-20-13)21-15(22-23)10-3-5-11(17)6-4-10;/h3-6,9,14,18H,2,7-8H2,1H3,(H,19,20);1H. The fourth-order valence-corrected chi connectivity index (χ4v) is 3.08. The molecule has 2 aromatic heterocycles. The Balaban J connectivity index is 0.00000169. The number of nitrogens with zero attached hydrogens (tertiary/aromatic N) is 4. The summed E-state index contributed by atoms with van der Waals surface area (Å²) in [6.07, 6.45) is 2.70. The van der Waals surface area contributed by atoms with E-state index in [2.05, 4.69) is 27.3 Å². The van der Waals surface area contributed by atoms with Crippen molar-refractivity contribution in [3.63, 3.8) is 0 Å². The van der Waals surface area contributed by atoms with Crippen molar-refractivity contribution in [1.29, 1.82) is 0 Å². The molecule has 2 N–H and O–H groups in total. The molecule has 8 heteroatoms. The molecular formula is C16H18Cl2N6. The van der Waals surface area contributed by atoms with Gasteiger partial charge < -0.3 is 10.3 Å². The van der Waals surface area contributed by atoms with Gasteiger partial charge in [0.05, 0.1) is 12.0 Å². The second-order valence-electron chi connectivity index (χ2n) is 5.52. The summed E-state index contributed by atoms with van der Waals surface area (Å²) in [6.45, 7) is 3.72. The predicted molar refractivity (Wildman–Crippen MR) is 95.5 cm³/mol. The quantitative estimate of drug-likeness (QED) is 0.749. The molecule has 1 atom stereocenters. The topological polar surface area (TPSA) is 71.4 Å². The van der Waals surface area contributed by atoms with Crippen LogP contribution in [0.2, 0.25) is 5.02 Å². The van der Waals surface area contributed by atoms with Crippen LogP contribution >= 0.6 is 24.0 Å². The molecule has 0 fully saturated rings. The van der Waals surface area contributed by atoms with Crippen molar-refractivity contribution in [1.82, 2.24) is 30.0 Å². The number of aromatic amines is 1. The van der Waals surface area contributed by atoms with Gasteiger partial charge in [-0.05, 0) is 31.2 Å². The molecule has 1 unspecified atom stereocenters. The molecule has 0 spiro atoms. The van der Waals surface area contributed by atoms with E-state index in [0.29, 0.717) is 10.8 Å². The maximum absolute atomic E-state index is 5.96. The number of imidazole rings is 1. The number of aryl methyl sites for hydroxylation is 1. The molecule has 24 heavy (non-hydrogen) atoms. The lowest BCUT2D eigenvalue weighted by Gasteiger charge is -2.22. The highest BCUT2D eigenvalue weighted by Gasteiger charge is 2.28. The maximum Gasteiger partial charge on any atom is 0.181 e. The van der Waals surface area contributed by atoms with Gasteiger partial charge in [-0.25, -0.2) is 14.6 Å².